The van der Waals surface area contributed by atoms with Gasteiger partial charge >= 0.3 is 5.97 Å². The summed E-state index contributed by atoms with van der Waals surface area (Å²) in [6.07, 6.45) is 14.1. The Morgan fingerprint density at radius 3 is 2.13 bits per heavy atom. The minimum atomic E-state index is -0.294. The highest BCUT2D eigenvalue weighted by molar-refractivity contribution is 5.81. The van der Waals surface area contributed by atoms with E-state index in [9.17, 15) is 4.79 Å². The van der Waals surface area contributed by atoms with Crippen LogP contribution in [0.15, 0.2) is 12.7 Å². The van der Waals surface area contributed by atoms with Crippen LogP contribution in [-0.2, 0) is 9.53 Å². The molecule has 0 bridgehead atoms. The fraction of sp³-hybridized carbons (Fsp3) is 0.857. The molecule has 0 heterocycles. The summed E-state index contributed by atoms with van der Waals surface area (Å²) >= 11 is 0. The fourth-order valence-electron chi connectivity index (χ4n) is 3.08. The van der Waals surface area contributed by atoms with Gasteiger partial charge in [0.2, 0.25) is 0 Å². The van der Waals surface area contributed by atoms with Gasteiger partial charge < -0.3 is 4.74 Å². The van der Waals surface area contributed by atoms with Crippen molar-refractivity contribution < 1.29 is 9.53 Å². The third-order valence-electron chi connectivity index (χ3n) is 4.69. The monoisotopic (exact) mass is 324 g/mol. The van der Waals surface area contributed by atoms with Gasteiger partial charge in [0, 0.05) is 6.08 Å². The van der Waals surface area contributed by atoms with Gasteiger partial charge in [-0.2, -0.15) is 0 Å². The van der Waals surface area contributed by atoms with Crippen molar-refractivity contribution in [2.24, 2.45) is 17.8 Å². The zero-order chi connectivity index (χ0) is 17.5. The highest BCUT2D eigenvalue weighted by atomic mass is 16.5. The molecule has 0 aliphatic carbocycles. The van der Waals surface area contributed by atoms with E-state index in [1.165, 1.54) is 63.9 Å². The largest absolute Gasteiger partial charge is 0.463 e. The lowest BCUT2D eigenvalue weighted by atomic mass is 9.89. The molecule has 0 amide bonds. The average Bonchev–Trinajstić information content (AvgIpc) is 2.51. The van der Waals surface area contributed by atoms with Gasteiger partial charge in [-0.25, -0.2) is 4.79 Å². The summed E-state index contributed by atoms with van der Waals surface area (Å²) in [5.74, 6) is 2.09. The smallest absolute Gasteiger partial charge is 0.330 e. The van der Waals surface area contributed by atoms with Crippen molar-refractivity contribution in [3.63, 3.8) is 0 Å². The van der Waals surface area contributed by atoms with Gasteiger partial charge in [0.15, 0.2) is 0 Å². The molecule has 136 valence electrons. The van der Waals surface area contributed by atoms with Gasteiger partial charge in [-0.3, -0.25) is 0 Å². The van der Waals surface area contributed by atoms with Gasteiger partial charge in [-0.1, -0.05) is 92.1 Å². The van der Waals surface area contributed by atoms with E-state index < -0.39 is 0 Å². The second-order valence-corrected chi connectivity index (χ2v) is 7.53. The molecular weight excluding hydrogens is 284 g/mol. The van der Waals surface area contributed by atoms with Crippen LogP contribution in [-0.4, -0.2) is 12.6 Å². The molecule has 0 rings (SSSR count). The van der Waals surface area contributed by atoms with Gasteiger partial charge in [0.1, 0.15) is 0 Å². The van der Waals surface area contributed by atoms with Gasteiger partial charge in [0.05, 0.1) is 6.61 Å². The van der Waals surface area contributed by atoms with Crippen LogP contribution >= 0.6 is 0 Å². The molecule has 0 N–H and O–H groups in total. The number of ether oxygens (including phenoxy) is 1. The lowest BCUT2D eigenvalue weighted by Gasteiger charge is -2.18. The first-order valence-corrected chi connectivity index (χ1v) is 9.78. The molecule has 0 aliphatic rings. The number of esters is 1. The van der Waals surface area contributed by atoms with E-state index in [1.807, 2.05) is 0 Å². The van der Waals surface area contributed by atoms with Gasteiger partial charge in [0.25, 0.3) is 0 Å². The van der Waals surface area contributed by atoms with Crippen LogP contribution in [0.4, 0.5) is 0 Å². The van der Waals surface area contributed by atoms with Crippen LogP contribution in [0.2, 0.25) is 0 Å². The standard InChI is InChI=1S/C21H40O2/c1-6-8-14-20(16-17-23-21(22)7-2)15-10-13-19(5)12-9-11-18(3)4/h7,18-20H,2,6,8-17H2,1,3-5H3. The normalized spacial score (nSPS) is 13.8. The van der Waals surface area contributed by atoms with E-state index >= 15 is 0 Å². The summed E-state index contributed by atoms with van der Waals surface area (Å²) in [5, 5.41) is 0. The molecule has 23 heavy (non-hydrogen) atoms. The topological polar surface area (TPSA) is 26.3 Å². The van der Waals surface area contributed by atoms with Crippen molar-refractivity contribution in [2.75, 3.05) is 6.61 Å². The Balaban J connectivity index is 3.89. The maximum atomic E-state index is 11.1. The van der Waals surface area contributed by atoms with Crippen LogP contribution in [0.25, 0.3) is 0 Å². The van der Waals surface area contributed by atoms with Crippen molar-refractivity contribution in [1.29, 1.82) is 0 Å². The lowest BCUT2D eigenvalue weighted by Crippen LogP contribution is -2.09. The first kappa shape index (κ1) is 22.2. The Bertz CT molecular complexity index is 296. The molecule has 2 atom stereocenters. The van der Waals surface area contributed by atoms with E-state index in [0.29, 0.717) is 12.5 Å². The SMILES string of the molecule is C=CC(=O)OCCC(CCCC)CCCC(C)CCCC(C)C. The second-order valence-electron chi connectivity index (χ2n) is 7.53. The van der Waals surface area contributed by atoms with E-state index in [2.05, 4.69) is 34.3 Å². The third-order valence-corrected chi connectivity index (χ3v) is 4.69. The van der Waals surface area contributed by atoms with E-state index in [4.69, 9.17) is 4.74 Å². The highest BCUT2D eigenvalue weighted by Crippen LogP contribution is 2.23. The molecule has 0 aromatic rings. The lowest BCUT2D eigenvalue weighted by molar-refractivity contribution is -0.138. The highest BCUT2D eigenvalue weighted by Gasteiger charge is 2.11. The minimum absolute atomic E-state index is 0.294. The molecule has 0 aromatic carbocycles. The molecule has 0 radical (unpaired) electrons. The van der Waals surface area contributed by atoms with Crippen molar-refractivity contribution in [1.82, 2.24) is 0 Å². The zero-order valence-corrected chi connectivity index (χ0v) is 16.1. The number of carbonyl (C=O) groups excluding carboxylic acids is 1. The maximum absolute atomic E-state index is 11.1. The Kier molecular flexibility index (Phi) is 14.3. The summed E-state index contributed by atoms with van der Waals surface area (Å²) in [7, 11) is 0. The van der Waals surface area contributed by atoms with E-state index in [0.717, 1.165) is 18.3 Å². The summed E-state index contributed by atoms with van der Waals surface area (Å²) in [4.78, 5) is 11.1. The third kappa shape index (κ3) is 14.5. The summed E-state index contributed by atoms with van der Waals surface area (Å²) < 4.78 is 5.15. The Labute approximate surface area is 145 Å². The molecule has 0 aromatic heterocycles. The summed E-state index contributed by atoms with van der Waals surface area (Å²) in [6.45, 7) is 13.2. The zero-order valence-electron chi connectivity index (χ0n) is 16.1. The van der Waals surface area contributed by atoms with Crippen molar-refractivity contribution in [3.05, 3.63) is 12.7 Å². The molecule has 0 fully saturated rings. The molecule has 0 saturated heterocycles. The molecule has 0 saturated carbocycles. The number of rotatable bonds is 15. The van der Waals surface area contributed by atoms with Crippen molar-refractivity contribution in [2.45, 2.75) is 91.9 Å². The number of hydrogen-bond donors (Lipinski definition) is 0. The Morgan fingerprint density at radius 1 is 0.957 bits per heavy atom. The first-order valence-electron chi connectivity index (χ1n) is 9.78. The first-order chi connectivity index (χ1) is 11.0. The molecule has 2 nitrogen and oxygen atoms in total. The second kappa shape index (κ2) is 14.8. The van der Waals surface area contributed by atoms with Gasteiger partial charge in [-0.05, 0) is 24.2 Å². The summed E-state index contributed by atoms with van der Waals surface area (Å²) in [5.41, 5.74) is 0. The quantitative estimate of drug-likeness (QED) is 0.252. The molecule has 0 aliphatic heterocycles. The minimum Gasteiger partial charge on any atom is -0.463 e. The number of carbonyl (C=O) groups is 1. The van der Waals surface area contributed by atoms with Crippen LogP contribution in [0.1, 0.15) is 91.9 Å². The molecular formula is C21H40O2. The number of unbranched alkanes of at least 4 members (excludes halogenated alkanes) is 1. The van der Waals surface area contributed by atoms with Crippen LogP contribution in [0.3, 0.4) is 0 Å². The van der Waals surface area contributed by atoms with E-state index in [-0.39, 0.29) is 5.97 Å². The Morgan fingerprint density at radius 2 is 1.57 bits per heavy atom. The summed E-state index contributed by atoms with van der Waals surface area (Å²) in [6, 6.07) is 0. The van der Waals surface area contributed by atoms with Crippen molar-refractivity contribution in [3.8, 4) is 0 Å². The number of hydrogen-bond acceptors (Lipinski definition) is 2. The molecule has 0 spiro atoms. The molecule has 2 unspecified atom stereocenters. The maximum Gasteiger partial charge on any atom is 0.330 e. The van der Waals surface area contributed by atoms with E-state index in [1.54, 1.807) is 0 Å². The predicted molar refractivity (Wildman–Crippen MR) is 100 cm³/mol. The van der Waals surface area contributed by atoms with Crippen molar-refractivity contribution >= 4 is 5.97 Å². The average molecular weight is 325 g/mol. The fourth-order valence-corrected chi connectivity index (χ4v) is 3.08. The van der Waals surface area contributed by atoms with Crippen LogP contribution in [0, 0.1) is 17.8 Å². The van der Waals surface area contributed by atoms with Crippen LogP contribution < -0.4 is 0 Å². The van der Waals surface area contributed by atoms with Crippen LogP contribution in [0.5, 0.6) is 0 Å². The predicted octanol–water partition coefficient (Wildman–Crippen LogP) is 6.54. The Hall–Kier alpha value is -0.790. The molecule has 2 heteroatoms. The van der Waals surface area contributed by atoms with Gasteiger partial charge in [-0.15, -0.1) is 0 Å².